The Balaban J connectivity index is 1.55. The van der Waals surface area contributed by atoms with Crippen LogP contribution in [0.2, 0.25) is 0 Å². The third-order valence-electron chi connectivity index (χ3n) is 7.13. The SMILES string of the molecule is COc1ccc(NC(=O)[C@]23C[C@@]2(c2cn(C)nc2C(F)(F)F)[C@H]2O[C@@H]3C[C@@H]2O)cc1C(F)(F)F. The summed E-state index contributed by atoms with van der Waals surface area (Å²) in [6.45, 7) is 0. The van der Waals surface area contributed by atoms with Gasteiger partial charge < -0.3 is 19.9 Å². The Morgan fingerprint density at radius 2 is 1.97 bits per heavy atom. The van der Waals surface area contributed by atoms with Crippen LogP contribution in [0.5, 0.6) is 5.75 Å². The van der Waals surface area contributed by atoms with Crippen LogP contribution in [-0.4, -0.2) is 46.2 Å². The fraction of sp³-hybridized carbons (Fsp3) is 0.524. The number of hydrogen-bond acceptors (Lipinski definition) is 5. The Labute approximate surface area is 188 Å². The van der Waals surface area contributed by atoms with Gasteiger partial charge in [-0.3, -0.25) is 9.48 Å². The lowest BCUT2D eigenvalue weighted by molar-refractivity contribution is -0.143. The van der Waals surface area contributed by atoms with Crippen molar-refractivity contribution in [3.63, 3.8) is 0 Å². The second-order valence-corrected chi connectivity index (χ2v) is 8.90. The fourth-order valence-corrected chi connectivity index (χ4v) is 5.77. The Morgan fingerprint density at radius 1 is 1.26 bits per heavy atom. The van der Waals surface area contributed by atoms with Gasteiger partial charge in [-0.05, 0) is 24.6 Å². The Kier molecular flexibility index (Phi) is 4.64. The number of aryl methyl sites for hydroxylation is 1. The maximum absolute atomic E-state index is 13.7. The predicted molar refractivity (Wildman–Crippen MR) is 103 cm³/mol. The number of hydrogen-bond donors (Lipinski definition) is 2. The molecule has 5 rings (SSSR count). The van der Waals surface area contributed by atoms with Crippen LogP contribution in [0.15, 0.2) is 24.4 Å². The minimum Gasteiger partial charge on any atom is -0.496 e. The van der Waals surface area contributed by atoms with Gasteiger partial charge in [-0.15, -0.1) is 0 Å². The van der Waals surface area contributed by atoms with E-state index in [4.69, 9.17) is 9.47 Å². The van der Waals surface area contributed by atoms with Crippen LogP contribution in [0.4, 0.5) is 32.0 Å². The van der Waals surface area contributed by atoms with Crippen LogP contribution in [0.1, 0.15) is 29.7 Å². The zero-order chi connectivity index (χ0) is 24.8. The van der Waals surface area contributed by atoms with Crippen LogP contribution in [-0.2, 0) is 34.3 Å². The second kappa shape index (κ2) is 6.87. The highest BCUT2D eigenvalue weighted by Crippen LogP contribution is 2.78. The third kappa shape index (κ3) is 2.92. The summed E-state index contributed by atoms with van der Waals surface area (Å²) in [6.07, 6.45) is -11.5. The number of rotatable bonds is 4. The lowest BCUT2D eigenvalue weighted by Gasteiger charge is -2.29. The molecule has 3 heterocycles. The van der Waals surface area contributed by atoms with E-state index >= 15 is 0 Å². The molecule has 2 saturated heterocycles. The van der Waals surface area contributed by atoms with E-state index in [9.17, 15) is 36.2 Å². The highest BCUT2D eigenvalue weighted by atomic mass is 19.4. The van der Waals surface area contributed by atoms with Crippen molar-refractivity contribution < 1.29 is 45.7 Å². The van der Waals surface area contributed by atoms with Gasteiger partial charge in [-0.2, -0.15) is 31.4 Å². The number of nitrogens with one attached hydrogen (secondary N) is 1. The van der Waals surface area contributed by atoms with E-state index in [0.29, 0.717) is 6.07 Å². The van der Waals surface area contributed by atoms with Crippen LogP contribution in [0, 0.1) is 5.41 Å². The number of ether oxygens (including phenoxy) is 2. The molecule has 0 unspecified atom stereocenters. The summed E-state index contributed by atoms with van der Waals surface area (Å²) in [6, 6.07) is 2.95. The molecule has 0 spiro atoms. The van der Waals surface area contributed by atoms with Gasteiger partial charge in [0.15, 0.2) is 5.69 Å². The van der Waals surface area contributed by atoms with Crippen molar-refractivity contribution in [2.75, 3.05) is 12.4 Å². The van der Waals surface area contributed by atoms with Gasteiger partial charge in [0.1, 0.15) is 5.75 Å². The lowest BCUT2D eigenvalue weighted by Crippen LogP contribution is -2.45. The summed E-state index contributed by atoms with van der Waals surface area (Å²) >= 11 is 0. The Bertz CT molecular complexity index is 1180. The van der Waals surface area contributed by atoms with Crippen molar-refractivity contribution in [3.05, 3.63) is 41.2 Å². The average molecular weight is 491 g/mol. The fourth-order valence-electron chi connectivity index (χ4n) is 5.77. The Morgan fingerprint density at radius 3 is 2.59 bits per heavy atom. The number of carbonyl (C=O) groups excluding carboxylic acids is 1. The van der Waals surface area contributed by atoms with Crippen LogP contribution < -0.4 is 10.1 Å². The first-order valence-corrected chi connectivity index (χ1v) is 10.3. The molecule has 1 saturated carbocycles. The summed E-state index contributed by atoms with van der Waals surface area (Å²) in [4.78, 5) is 13.4. The minimum atomic E-state index is -4.82. The first-order valence-electron chi connectivity index (χ1n) is 10.3. The van der Waals surface area contributed by atoms with Gasteiger partial charge in [0, 0.05) is 36.3 Å². The number of anilines is 1. The van der Waals surface area contributed by atoms with Crippen molar-refractivity contribution >= 4 is 11.6 Å². The number of methoxy groups -OCH3 is 1. The summed E-state index contributed by atoms with van der Waals surface area (Å²) in [7, 11) is 2.38. The number of aliphatic hydroxyl groups excluding tert-OH is 1. The highest BCUT2D eigenvalue weighted by Gasteiger charge is 2.88. The van der Waals surface area contributed by atoms with Crippen molar-refractivity contribution in [1.82, 2.24) is 9.78 Å². The maximum atomic E-state index is 13.7. The molecule has 1 amide bonds. The minimum absolute atomic E-state index is 0.0257. The molecule has 2 bridgehead atoms. The van der Waals surface area contributed by atoms with Gasteiger partial charge >= 0.3 is 12.4 Å². The van der Waals surface area contributed by atoms with Crippen molar-refractivity contribution in [1.29, 1.82) is 0 Å². The van der Waals surface area contributed by atoms with Gasteiger partial charge in [0.2, 0.25) is 5.91 Å². The molecule has 2 aromatic rings. The molecule has 34 heavy (non-hydrogen) atoms. The van der Waals surface area contributed by atoms with Crippen molar-refractivity contribution in [2.24, 2.45) is 12.5 Å². The number of alkyl halides is 6. The molecule has 1 aliphatic carbocycles. The Hall–Kier alpha value is -2.80. The van der Waals surface area contributed by atoms with Crippen LogP contribution in [0.3, 0.4) is 0 Å². The number of aromatic nitrogens is 2. The van der Waals surface area contributed by atoms with Crippen molar-refractivity contribution in [3.8, 4) is 5.75 Å². The molecule has 3 aliphatic rings. The standard InChI is InChI=1S/C21H19F6N3O4/c1-30-7-11(15(29-30)21(25,26)27)18-8-19(18,14-6-12(31)16(18)34-14)17(32)28-9-3-4-13(33-2)10(5-9)20(22,23)24/h3-5,7,12,14,16,31H,6,8H2,1-2H3,(H,28,32)/t12-,14+,16-,18+,19+/m0/s1. The average Bonchev–Trinajstić information content (AvgIpc) is 2.95. The first kappa shape index (κ1) is 23.0. The number of benzene rings is 1. The van der Waals surface area contributed by atoms with Crippen molar-refractivity contribution in [2.45, 2.75) is 48.9 Å². The molecule has 5 atom stereocenters. The molecule has 2 N–H and O–H groups in total. The second-order valence-electron chi connectivity index (χ2n) is 8.90. The quantitative estimate of drug-likeness (QED) is 0.642. The lowest BCUT2D eigenvalue weighted by atomic mass is 9.73. The van der Waals surface area contributed by atoms with E-state index in [1.165, 1.54) is 13.1 Å². The van der Waals surface area contributed by atoms with E-state index in [-0.39, 0.29) is 24.1 Å². The molecule has 3 fully saturated rings. The van der Waals surface area contributed by atoms with E-state index in [0.717, 1.165) is 24.1 Å². The molecule has 0 radical (unpaired) electrons. The summed E-state index contributed by atoms with van der Waals surface area (Å²) < 4.78 is 92.9. The third-order valence-corrected chi connectivity index (χ3v) is 7.13. The molecule has 184 valence electrons. The van der Waals surface area contributed by atoms with E-state index in [1.54, 1.807) is 0 Å². The molecular formula is C21H19F6N3O4. The molecule has 2 aliphatic heterocycles. The summed E-state index contributed by atoms with van der Waals surface area (Å²) in [5, 5.41) is 16.4. The molecule has 13 heteroatoms. The number of amides is 1. The number of aliphatic hydroxyl groups is 1. The molecule has 1 aromatic carbocycles. The van der Waals surface area contributed by atoms with E-state index < -0.39 is 64.4 Å². The summed E-state index contributed by atoms with van der Waals surface area (Å²) in [5.41, 5.74) is -5.75. The largest absolute Gasteiger partial charge is 0.496 e. The van der Waals surface area contributed by atoms with E-state index in [1.807, 2.05) is 0 Å². The van der Waals surface area contributed by atoms with E-state index in [2.05, 4.69) is 10.4 Å². The van der Waals surface area contributed by atoms with Gasteiger partial charge in [0.05, 0.1) is 36.4 Å². The number of fused-ring (bicyclic) bond motifs is 5. The zero-order valence-corrected chi connectivity index (χ0v) is 17.8. The number of carbonyl (C=O) groups is 1. The van der Waals surface area contributed by atoms with Gasteiger partial charge in [0.25, 0.3) is 0 Å². The normalized spacial score (nSPS) is 32.0. The first-order chi connectivity index (χ1) is 15.8. The predicted octanol–water partition coefficient (Wildman–Crippen LogP) is 3.26. The topological polar surface area (TPSA) is 85.6 Å². The maximum Gasteiger partial charge on any atom is 0.435 e. The zero-order valence-electron chi connectivity index (χ0n) is 17.8. The highest BCUT2D eigenvalue weighted by molar-refractivity contribution is 6.01. The molecule has 1 aromatic heterocycles. The molecule has 7 nitrogen and oxygen atoms in total. The number of nitrogens with zero attached hydrogens (tertiary/aromatic N) is 2. The summed E-state index contributed by atoms with van der Waals surface area (Å²) in [5.74, 6) is -1.22. The number of halogens is 6. The van der Waals surface area contributed by atoms with Crippen LogP contribution >= 0.6 is 0 Å². The monoisotopic (exact) mass is 491 g/mol. The van der Waals surface area contributed by atoms with Gasteiger partial charge in [-0.25, -0.2) is 0 Å². The van der Waals surface area contributed by atoms with Gasteiger partial charge in [-0.1, -0.05) is 0 Å². The smallest absolute Gasteiger partial charge is 0.435 e. The molecular weight excluding hydrogens is 472 g/mol. The van der Waals surface area contributed by atoms with Crippen LogP contribution in [0.25, 0.3) is 0 Å².